The second kappa shape index (κ2) is 3.53. The van der Waals surface area contributed by atoms with Crippen molar-refractivity contribution in [3.63, 3.8) is 0 Å². The fraction of sp³-hybridized carbons (Fsp3) is 0.400. The number of fused-ring (bicyclic) bond motifs is 3. The minimum absolute atomic E-state index is 0.0815. The van der Waals surface area contributed by atoms with Crippen LogP contribution in [0.4, 0.5) is 0 Å². The molecule has 4 nitrogen and oxygen atoms in total. The summed E-state index contributed by atoms with van der Waals surface area (Å²) in [6.45, 7) is 2.07. The summed E-state index contributed by atoms with van der Waals surface area (Å²) in [7, 11) is 0. The summed E-state index contributed by atoms with van der Waals surface area (Å²) in [5, 5.41) is 8.14. The molecule has 3 atom stereocenters. The number of hydrogen-bond donors (Lipinski definition) is 0. The van der Waals surface area contributed by atoms with Crippen LogP contribution in [0.3, 0.4) is 0 Å². The summed E-state index contributed by atoms with van der Waals surface area (Å²) < 4.78 is 1.49. The van der Waals surface area contributed by atoms with Crippen LogP contribution in [0.15, 0.2) is 36.4 Å². The van der Waals surface area contributed by atoms with Gasteiger partial charge in [0.2, 0.25) is 0 Å². The summed E-state index contributed by atoms with van der Waals surface area (Å²) >= 11 is 0. The first-order valence-corrected chi connectivity index (χ1v) is 6.72. The molecule has 0 radical (unpaired) electrons. The minimum Gasteiger partial charge on any atom is -0.272 e. The van der Waals surface area contributed by atoms with Crippen LogP contribution in [0, 0.1) is 17.3 Å². The number of benzene rings is 1. The van der Waals surface area contributed by atoms with E-state index < -0.39 is 0 Å². The van der Waals surface area contributed by atoms with Gasteiger partial charge < -0.3 is 0 Å². The maximum absolute atomic E-state index is 12.9. The zero-order valence-corrected chi connectivity index (χ0v) is 10.8. The smallest absolute Gasteiger partial charge is 0.255 e. The summed E-state index contributed by atoms with van der Waals surface area (Å²) in [5.74, 6) is 1.000. The number of carbonyl (C=O) groups is 1. The molecule has 0 saturated heterocycles. The molecule has 0 unspecified atom stereocenters. The topological polar surface area (TPSA) is 47.8 Å². The largest absolute Gasteiger partial charge is 0.272 e. The third kappa shape index (κ3) is 1.37. The Kier molecular flexibility index (Phi) is 2.03. The van der Waals surface area contributed by atoms with Gasteiger partial charge >= 0.3 is 0 Å². The average molecular weight is 253 g/mol. The van der Waals surface area contributed by atoms with Gasteiger partial charge in [-0.25, -0.2) is 0 Å². The van der Waals surface area contributed by atoms with E-state index in [1.165, 1.54) is 4.68 Å². The van der Waals surface area contributed by atoms with Crippen LogP contribution in [0.2, 0.25) is 0 Å². The van der Waals surface area contributed by atoms with Gasteiger partial charge in [-0.3, -0.25) is 4.79 Å². The van der Waals surface area contributed by atoms with Crippen molar-refractivity contribution in [3.8, 4) is 0 Å². The standard InChI is InChI=1S/C15H15N3O/c1-15(9-10-6-7-11(15)8-10)14(19)18-13-5-3-2-4-12(13)16-17-18/h2-7,10-11H,8-9H2,1H3/t10-,11+,15+/m1/s1. The van der Waals surface area contributed by atoms with Crippen molar-refractivity contribution in [2.45, 2.75) is 19.8 Å². The highest BCUT2D eigenvalue weighted by atomic mass is 16.2. The number of allylic oxidation sites excluding steroid dienone is 2. The summed E-state index contributed by atoms with van der Waals surface area (Å²) in [5.41, 5.74) is 1.26. The summed E-state index contributed by atoms with van der Waals surface area (Å²) in [4.78, 5) is 12.9. The fourth-order valence-corrected chi connectivity index (χ4v) is 3.60. The Morgan fingerprint density at radius 2 is 2.21 bits per heavy atom. The van der Waals surface area contributed by atoms with Gasteiger partial charge in [0.15, 0.2) is 0 Å². The van der Waals surface area contributed by atoms with Crippen LogP contribution in [0.5, 0.6) is 0 Å². The van der Waals surface area contributed by atoms with Crippen molar-refractivity contribution in [3.05, 3.63) is 36.4 Å². The zero-order chi connectivity index (χ0) is 13.0. The van der Waals surface area contributed by atoms with Gasteiger partial charge in [-0.15, -0.1) is 5.10 Å². The van der Waals surface area contributed by atoms with Gasteiger partial charge in [0.25, 0.3) is 5.91 Å². The monoisotopic (exact) mass is 253 g/mol. The molecule has 0 N–H and O–H groups in total. The second-order valence-corrected chi connectivity index (χ2v) is 5.90. The molecule has 2 bridgehead atoms. The molecule has 4 rings (SSSR count). The molecule has 4 heteroatoms. The van der Waals surface area contributed by atoms with E-state index in [1.54, 1.807) is 0 Å². The molecule has 1 fully saturated rings. The van der Waals surface area contributed by atoms with Crippen LogP contribution in [0.1, 0.15) is 24.6 Å². The van der Waals surface area contributed by atoms with Gasteiger partial charge in [0, 0.05) is 0 Å². The van der Waals surface area contributed by atoms with Gasteiger partial charge in [0.1, 0.15) is 5.52 Å². The third-order valence-corrected chi connectivity index (χ3v) is 4.71. The molecular weight excluding hydrogens is 238 g/mol. The molecular formula is C15H15N3O. The Bertz CT molecular complexity index is 702. The van der Waals surface area contributed by atoms with Crippen LogP contribution in [0.25, 0.3) is 11.0 Å². The number of carbonyl (C=O) groups excluding carboxylic acids is 1. The molecule has 1 saturated carbocycles. The van der Waals surface area contributed by atoms with Crippen molar-refractivity contribution in [1.82, 2.24) is 15.0 Å². The van der Waals surface area contributed by atoms with Crippen LogP contribution in [-0.2, 0) is 0 Å². The number of rotatable bonds is 1. The molecule has 2 aliphatic carbocycles. The molecule has 0 aliphatic heterocycles. The first kappa shape index (κ1) is 10.9. The Labute approximate surface area is 111 Å². The zero-order valence-electron chi connectivity index (χ0n) is 10.8. The van der Waals surface area contributed by atoms with Gasteiger partial charge in [-0.1, -0.05) is 36.4 Å². The lowest BCUT2D eigenvalue weighted by atomic mass is 9.77. The molecule has 1 heterocycles. The Balaban J connectivity index is 1.81. The van der Waals surface area contributed by atoms with E-state index in [4.69, 9.17) is 0 Å². The van der Waals surface area contributed by atoms with E-state index in [9.17, 15) is 4.79 Å². The van der Waals surface area contributed by atoms with Crippen molar-refractivity contribution in [2.24, 2.45) is 17.3 Å². The number of nitrogens with zero attached hydrogens (tertiary/aromatic N) is 3. The predicted molar refractivity (Wildman–Crippen MR) is 71.6 cm³/mol. The van der Waals surface area contributed by atoms with Crippen LogP contribution >= 0.6 is 0 Å². The molecule has 2 aromatic rings. The quantitative estimate of drug-likeness (QED) is 0.734. The molecule has 1 aromatic heterocycles. The van der Waals surface area contributed by atoms with Crippen molar-refractivity contribution >= 4 is 16.9 Å². The molecule has 2 aliphatic rings. The van der Waals surface area contributed by atoms with Gasteiger partial charge in [-0.2, -0.15) is 4.68 Å². The van der Waals surface area contributed by atoms with Crippen LogP contribution < -0.4 is 0 Å². The molecule has 96 valence electrons. The van der Waals surface area contributed by atoms with E-state index in [1.807, 2.05) is 24.3 Å². The average Bonchev–Trinajstić information content (AvgIpc) is 3.11. The Morgan fingerprint density at radius 3 is 2.95 bits per heavy atom. The van der Waals surface area contributed by atoms with E-state index >= 15 is 0 Å². The third-order valence-electron chi connectivity index (χ3n) is 4.71. The van der Waals surface area contributed by atoms with Crippen molar-refractivity contribution in [2.75, 3.05) is 0 Å². The number of aromatic nitrogens is 3. The van der Waals surface area contributed by atoms with E-state index in [2.05, 4.69) is 29.4 Å². The van der Waals surface area contributed by atoms with E-state index in [0.29, 0.717) is 11.8 Å². The van der Waals surface area contributed by atoms with E-state index in [-0.39, 0.29) is 11.3 Å². The van der Waals surface area contributed by atoms with Crippen molar-refractivity contribution in [1.29, 1.82) is 0 Å². The Morgan fingerprint density at radius 1 is 1.37 bits per heavy atom. The Hall–Kier alpha value is -1.97. The highest BCUT2D eigenvalue weighted by Gasteiger charge is 2.51. The SMILES string of the molecule is C[C@]1(C(=O)n2nnc3ccccc32)C[C@@H]2C=C[C@H]1C2. The maximum atomic E-state index is 12.9. The predicted octanol–water partition coefficient (Wildman–Crippen LogP) is 2.67. The number of hydrogen-bond acceptors (Lipinski definition) is 3. The van der Waals surface area contributed by atoms with Crippen molar-refractivity contribution < 1.29 is 4.79 Å². The van der Waals surface area contributed by atoms with Gasteiger partial charge in [0.05, 0.1) is 10.9 Å². The summed E-state index contributed by atoms with van der Waals surface area (Å²) in [6.07, 6.45) is 6.49. The first-order valence-electron chi connectivity index (χ1n) is 6.72. The normalized spacial score (nSPS) is 32.3. The first-order chi connectivity index (χ1) is 9.18. The van der Waals surface area contributed by atoms with Crippen LogP contribution in [-0.4, -0.2) is 20.9 Å². The lowest BCUT2D eigenvalue weighted by Gasteiger charge is -2.29. The lowest BCUT2D eigenvalue weighted by Crippen LogP contribution is -2.36. The lowest BCUT2D eigenvalue weighted by molar-refractivity contribution is 0.0664. The highest BCUT2D eigenvalue weighted by molar-refractivity contribution is 5.92. The fourth-order valence-electron chi connectivity index (χ4n) is 3.60. The van der Waals surface area contributed by atoms with E-state index in [0.717, 1.165) is 23.9 Å². The molecule has 0 amide bonds. The maximum Gasteiger partial charge on any atom is 0.255 e. The van der Waals surface area contributed by atoms with Gasteiger partial charge in [-0.05, 0) is 36.8 Å². The molecule has 19 heavy (non-hydrogen) atoms. The molecule has 0 spiro atoms. The molecule has 1 aromatic carbocycles. The summed E-state index contributed by atoms with van der Waals surface area (Å²) in [6, 6.07) is 7.61. The minimum atomic E-state index is -0.324. The second-order valence-electron chi connectivity index (χ2n) is 5.90. The highest BCUT2D eigenvalue weighted by Crippen LogP contribution is 2.52. The number of para-hydroxylation sites is 1.